The third-order valence-corrected chi connectivity index (χ3v) is 4.34. The van der Waals surface area contributed by atoms with Crippen molar-refractivity contribution in [1.82, 2.24) is 14.9 Å². The molecule has 2 aromatic rings. The van der Waals surface area contributed by atoms with Gasteiger partial charge in [-0.3, -0.25) is 0 Å². The zero-order valence-electron chi connectivity index (χ0n) is 13.0. The Morgan fingerprint density at radius 3 is 2.45 bits per heavy atom. The van der Waals surface area contributed by atoms with Gasteiger partial charge in [0.2, 0.25) is 15.9 Å². The summed E-state index contributed by atoms with van der Waals surface area (Å²) in [5.41, 5.74) is 0.544. The molecule has 0 aliphatic heterocycles. The van der Waals surface area contributed by atoms with E-state index in [-0.39, 0.29) is 17.7 Å². The van der Waals surface area contributed by atoms with Crippen molar-refractivity contribution >= 4 is 10.0 Å². The predicted octanol–water partition coefficient (Wildman–Crippen LogP) is 2.03. The second-order valence-corrected chi connectivity index (χ2v) is 7.96. The molecule has 0 amide bonds. The van der Waals surface area contributed by atoms with Gasteiger partial charge in [0.25, 0.3) is 0 Å². The largest absolute Gasteiger partial charge is 0.339 e. The van der Waals surface area contributed by atoms with Crippen molar-refractivity contribution in [3.63, 3.8) is 0 Å². The lowest BCUT2D eigenvalue weighted by atomic mass is 9.97. The monoisotopic (exact) mass is 323 g/mol. The fourth-order valence-corrected chi connectivity index (χ4v) is 2.97. The van der Waals surface area contributed by atoms with Crippen molar-refractivity contribution in [2.24, 2.45) is 0 Å². The number of aromatic nitrogens is 2. The van der Waals surface area contributed by atoms with Crippen molar-refractivity contribution in [2.45, 2.75) is 38.4 Å². The van der Waals surface area contributed by atoms with Gasteiger partial charge < -0.3 is 4.52 Å². The van der Waals surface area contributed by atoms with Crippen LogP contribution >= 0.6 is 0 Å². The molecule has 22 heavy (non-hydrogen) atoms. The van der Waals surface area contributed by atoms with Gasteiger partial charge in [-0.2, -0.15) is 4.98 Å². The van der Waals surface area contributed by atoms with Gasteiger partial charge in [0.05, 0.1) is 5.75 Å². The molecule has 1 N–H and O–H groups in total. The molecule has 1 aromatic heterocycles. The van der Waals surface area contributed by atoms with E-state index in [4.69, 9.17) is 4.52 Å². The van der Waals surface area contributed by atoms with E-state index in [1.807, 2.05) is 39.0 Å². The van der Waals surface area contributed by atoms with Crippen LogP contribution in [-0.4, -0.2) is 25.1 Å². The number of benzene rings is 1. The summed E-state index contributed by atoms with van der Waals surface area (Å²) in [5, 5.41) is 3.87. The van der Waals surface area contributed by atoms with Gasteiger partial charge >= 0.3 is 0 Å². The summed E-state index contributed by atoms with van der Waals surface area (Å²) in [6.45, 7) is 6.19. The van der Waals surface area contributed by atoms with Crippen LogP contribution in [0.1, 0.15) is 38.0 Å². The average molecular weight is 323 g/mol. The zero-order chi connectivity index (χ0) is 16.2. The molecule has 2 rings (SSSR count). The Morgan fingerprint density at radius 1 is 1.18 bits per heavy atom. The average Bonchev–Trinajstić information content (AvgIpc) is 2.88. The SMILES string of the molecule is CC(C)(C)c1nc(CCNS(=O)(=O)Cc2ccccc2)no1. The van der Waals surface area contributed by atoms with Crippen LogP contribution in [-0.2, 0) is 27.6 Å². The summed E-state index contributed by atoms with van der Waals surface area (Å²) in [4.78, 5) is 4.27. The molecular weight excluding hydrogens is 302 g/mol. The van der Waals surface area contributed by atoms with Crippen molar-refractivity contribution in [1.29, 1.82) is 0 Å². The van der Waals surface area contributed by atoms with Gasteiger partial charge in [-0.05, 0) is 5.56 Å². The first kappa shape index (κ1) is 16.6. The Kier molecular flexibility index (Phi) is 4.97. The van der Waals surface area contributed by atoms with Crippen LogP contribution in [0, 0.1) is 0 Å². The molecule has 120 valence electrons. The van der Waals surface area contributed by atoms with Crippen LogP contribution in [0.4, 0.5) is 0 Å². The van der Waals surface area contributed by atoms with Crippen LogP contribution < -0.4 is 4.72 Å². The fraction of sp³-hybridized carbons (Fsp3) is 0.467. The van der Waals surface area contributed by atoms with Gasteiger partial charge in [-0.25, -0.2) is 13.1 Å². The van der Waals surface area contributed by atoms with Crippen molar-refractivity contribution in [2.75, 3.05) is 6.54 Å². The van der Waals surface area contributed by atoms with Crippen LogP contribution in [0.3, 0.4) is 0 Å². The topological polar surface area (TPSA) is 85.1 Å². The number of sulfonamides is 1. The van der Waals surface area contributed by atoms with E-state index in [0.29, 0.717) is 18.1 Å². The highest BCUT2D eigenvalue weighted by molar-refractivity contribution is 7.88. The molecule has 0 spiro atoms. The van der Waals surface area contributed by atoms with Gasteiger partial charge in [0, 0.05) is 18.4 Å². The van der Waals surface area contributed by atoms with E-state index in [2.05, 4.69) is 14.9 Å². The molecular formula is C15H21N3O3S. The smallest absolute Gasteiger partial charge is 0.232 e. The molecule has 0 aliphatic rings. The maximum atomic E-state index is 12.0. The number of nitrogens with one attached hydrogen (secondary N) is 1. The van der Waals surface area contributed by atoms with E-state index < -0.39 is 10.0 Å². The van der Waals surface area contributed by atoms with E-state index in [9.17, 15) is 8.42 Å². The Labute approximate surface area is 131 Å². The number of rotatable bonds is 6. The minimum absolute atomic E-state index is 0.0344. The van der Waals surface area contributed by atoms with E-state index in [0.717, 1.165) is 5.56 Å². The summed E-state index contributed by atoms with van der Waals surface area (Å²) in [6, 6.07) is 9.06. The Morgan fingerprint density at radius 2 is 1.86 bits per heavy atom. The lowest BCUT2D eigenvalue weighted by Crippen LogP contribution is -2.27. The van der Waals surface area contributed by atoms with Crippen molar-refractivity contribution in [3.8, 4) is 0 Å². The van der Waals surface area contributed by atoms with Crippen molar-refractivity contribution in [3.05, 3.63) is 47.6 Å². The standard InChI is InChI=1S/C15H21N3O3S/c1-15(2,3)14-17-13(18-21-14)9-10-16-22(19,20)11-12-7-5-4-6-8-12/h4-8,16H,9-11H2,1-3H3. The molecule has 0 unspecified atom stereocenters. The molecule has 7 heteroatoms. The predicted molar refractivity (Wildman–Crippen MR) is 83.8 cm³/mol. The molecule has 0 radical (unpaired) electrons. The second kappa shape index (κ2) is 6.58. The summed E-state index contributed by atoms with van der Waals surface area (Å²) < 4.78 is 31.7. The number of nitrogens with zero attached hydrogens (tertiary/aromatic N) is 2. The Bertz CT molecular complexity index is 703. The fourth-order valence-electron chi connectivity index (χ4n) is 1.82. The number of hydrogen-bond acceptors (Lipinski definition) is 5. The molecule has 0 saturated carbocycles. The van der Waals surface area contributed by atoms with Crippen LogP contribution in [0.25, 0.3) is 0 Å². The number of hydrogen-bond donors (Lipinski definition) is 1. The third-order valence-electron chi connectivity index (χ3n) is 2.98. The quantitative estimate of drug-likeness (QED) is 0.879. The highest BCUT2D eigenvalue weighted by Gasteiger charge is 2.21. The summed E-state index contributed by atoms with van der Waals surface area (Å²) in [6.07, 6.45) is 0.396. The normalized spacial score (nSPS) is 12.5. The molecule has 0 aliphatic carbocycles. The third kappa shape index (κ3) is 4.92. The molecule has 0 saturated heterocycles. The molecule has 0 bridgehead atoms. The summed E-state index contributed by atoms with van der Waals surface area (Å²) in [5.74, 6) is 1.02. The van der Waals surface area contributed by atoms with Crippen LogP contribution in [0.15, 0.2) is 34.9 Å². The minimum atomic E-state index is -3.36. The lowest BCUT2D eigenvalue weighted by molar-refractivity contribution is 0.318. The zero-order valence-corrected chi connectivity index (χ0v) is 13.9. The highest BCUT2D eigenvalue weighted by Crippen LogP contribution is 2.19. The summed E-state index contributed by atoms with van der Waals surface area (Å²) >= 11 is 0. The first-order valence-corrected chi connectivity index (χ1v) is 8.76. The van der Waals surface area contributed by atoms with Gasteiger partial charge in [0.1, 0.15) is 0 Å². The minimum Gasteiger partial charge on any atom is -0.339 e. The first-order valence-electron chi connectivity index (χ1n) is 7.10. The summed E-state index contributed by atoms with van der Waals surface area (Å²) in [7, 11) is -3.36. The maximum absolute atomic E-state index is 12.0. The highest BCUT2D eigenvalue weighted by atomic mass is 32.2. The molecule has 1 heterocycles. The molecule has 0 fully saturated rings. The molecule has 6 nitrogen and oxygen atoms in total. The maximum Gasteiger partial charge on any atom is 0.232 e. The van der Waals surface area contributed by atoms with Crippen molar-refractivity contribution < 1.29 is 12.9 Å². The van der Waals surface area contributed by atoms with E-state index in [1.54, 1.807) is 12.1 Å². The Hall–Kier alpha value is -1.73. The second-order valence-electron chi connectivity index (χ2n) is 6.15. The van der Waals surface area contributed by atoms with Gasteiger partial charge in [0.15, 0.2) is 5.82 Å². The molecule has 1 aromatic carbocycles. The Balaban J connectivity index is 1.86. The first-order chi connectivity index (χ1) is 10.3. The lowest BCUT2D eigenvalue weighted by Gasteiger charge is -2.10. The van der Waals surface area contributed by atoms with E-state index >= 15 is 0 Å². The van der Waals surface area contributed by atoms with Gasteiger partial charge in [-0.15, -0.1) is 0 Å². The van der Waals surface area contributed by atoms with E-state index in [1.165, 1.54) is 0 Å². The van der Waals surface area contributed by atoms with Crippen LogP contribution in [0.2, 0.25) is 0 Å². The van der Waals surface area contributed by atoms with Crippen LogP contribution in [0.5, 0.6) is 0 Å². The molecule has 0 atom stereocenters. The van der Waals surface area contributed by atoms with Gasteiger partial charge in [-0.1, -0.05) is 56.3 Å².